The van der Waals surface area contributed by atoms with Crippen molar-refractivity contribution in [3.63, 3.8) is 0 Å². The Hall–Kier alpha value is -2.04. The van der Waals surface area contributed by atoms with Gasteiger partial charge in [0.1, 0.15) is 0 Å². The van der Waals surface area contributed by atoms with Crippen molar-refractivity contribution in [1.29, 1.82) is 0 Å². The van der Waals surface area contributed by atoms with Crippen LogP contribution in [-0.4, -0.2) is 40.6 Å². The van der Waals surface area contributed by atoms with Crippen molar-refractivity contribution in [3.8, 4) is 0 Å². The molecule has 0 heterocycles. The van der Waals surface area contributed by atoms with Gasteiger partial charge < -0.3 is 15.3 Å². The van der Waals surface area contributed by atoms with Crippen molar-refractivity contribution in [1.82, 2.24) is 10.2 Å². The molecule has 2 rings (SSSR count). The van der Waals surface area contributed by atoms with Gasteiger partial charge in [0.05, 0.1) is 0 Å². The highest BCUT2D eigenvalue weighted by molar-refractivity contribution is 5.75. The van der Waals surface area contributed by atoms with Crippen LogP contribution in [0.5, 0.6) is 0 Å². The Morgan fingerprint density at radius 3 is 2.57 bits per heavy atom. The van der Waals surface area contributed by atoms with Gasteiger partial charge in [-0.05, 0) is 37.7 Å². The van der Waals surface area contributed by atoms with E-state index in [9.17, 15) is 9.59 Å². The predicted octanol–water partition coefficient (Wildman–Crippen LogP) is 3.05. The van der Waals surface area contributed by atoms with Crippen molar-refractivity contribution in [2.24, 2.45) is 0 Å². The maximum atomic E-state index is 12.5. The molecular formula is C18H26N2O3. The second-order valence-electron chi connectivity index (χ2n) is 6.19. The molecule has 1 aromatic rings. The van der Waals surface area contributed by atoms with Crippen LogP contribution in [0.4, 0.5) is 4.79 Å². The average molecular weight is 318 g/mol. The van der Waals surface area contributed by atoms with E-state index in [1.165, 1.54) is 0 Å². The van der Waals surface area contributed by atoms with Crippen LogP contribution in [-0.2, 0) is 11.2 Å². The van der Waals surface area contributed by atoms with E-state index in [0.29, 0.717) is 18.9 Å². The Morgan fingerprint density at radius 1 is 1.30 bits per heavy atom. The summed E-state index contributed by atoms with van der Waals surface area (Å²) in [5.74, 6) is -0.829. The number of amides is 2. The topological polar surface area (TPSA) is 69.6 Å². The standard InChI is InChI=1S/C18H26N2O3/c1-2-12-20(16-9-10-16)18(23)19-15(8-11-17(21)22)13-14-6-4-3-5-7-14/h3-7,15-16H,2,8-13H2,1H3,(H,19,23)(H,21,22). The number of carbonyl (C=O) groups is 2. The van der Waals surface area contributed by atoms with Gasteiger partial charge in [-0.3, -0.25) is 4.79 Å². The first-order valence-electron chi connectivity index (χ1n) is 8.43. The van der Waals surface area contributed by atoms with Gasteiger partial charge >= 0.3 is 12.0 Å². The van der Waals surface area contributed by atoms with E-state index in [4.69, 9.17) is 5.11 Å². The number of nitrogens with zero attached hydrogens (tertiary/aromatic N) is 1. The number of nitrogens with one attached hydrogen (secondary N) is 1. The molecule has 0 spiro atoms. The van der Waals surface area contributed by atoms with Crippen LogP contribution in [0.1, 0.15) is 44.6 Å². The summed E-state index contributed by atoms with van der Waals surface area (Å²) in [7, 11) is 0. The Labute approximate surface area is 137 Å². The van der Waals surface area contributed by atoms with E-state index in [1.54, 1.807) is 0 Å². The van der Waals surface area contributed by atoms with E-state index in [0.717, 1.165) is 31.4 Å². The van der Waals surface area contributed by atoms with E-state index in [-0.39, 0.29) is 18.5 Å². The smallest absolute Gasteiger partial charge is 0.317 e. The number of rotatable bonds is 9. The fourth-order valence-electron chi connectivity index (χ4n) is 2.76. The highest BCUT2D eigenvalue weighted by Crippen LogP contribution is 2.27. The Bertz CT molecular complexity index is 514. The van der Waals surface area contributed by atoms with Crippen molar-refractivity contribution >= 4 is 12.0 Å². The van der Waals surface area contributed by atoms with E-state index in [1.807, 2.05) is 35.2 Å². The summed E-state index contributed by atoms with van der Waals surface area (Å²) in [6.07, 6.45) is 4.25. The van der Waals surface area contributed by atoms with Gasteiger partial charge in [-0.2, -0.15) is 0 Å². The lowest BCUT2D eigenvalue weighted by Gasteiger charge is -2.26. The monoisotopic (exact) mass is 318 g/mol. The molecule has 126 valence electrons. The lowest BCUT2D eigenvalue weighted by atomic mass is 10.0. The van der Waals surface area contributed by atoms with E-state index >= 15 is 0 Å². The zero-order valence-corrected chi connectivity index (χ0v) is 13.7. The molecule has 0 aromatic heterocycles. The molecule has 1 atom stereocenters. The summed E-state index contributed by atoms with van der Waals surface area (Å²) >= 11 is 0. The zero-order valence-electron chi connectivity index (χ0n) is 13.7. The van der Waals surface area contributed by atoms with E-state index in [2.05, 4.69) is 12.2 Å². The lowest BCUT2D eigenvalue weighted by Crippen LogP contribution is -2.47. The van der Waals surface area contributed by atoms with Gasteiger partial charge in [0.15, 0.2) is 0 Å². The highest BCUT2D eigenvalue weighted by Gasteiger charge is 2.32. The molecule has 1 fully saturated rings. The van der Waals surface area contributed by atoms with Crippen LogP contribution >= 0.6 is 0 Å². The van der Waals surface area contributed by atoms with Crippen LogP contribution < -0.4 is 5.32 Å². The van der Waals surface area contributed by atoms with Gasteiger partial charge in [-0.15, -0.1) is 0 Å². The molecule has 5 heteroatoms. The quantitative estimate of drug-likeness (QED) is 0.735. The summed E-state index contributed by atoms with van der Waals surface area (Å²) in [4.78, 5) is 25.3. The third-order valence-corrected chi connectivity index (χ3v) is 4.07. The maximum Gasteiger partial charge on any atom is 0.317 e. The van der Waals surface area contributed by atoms with Gasteiger partial charge in [0.25, 0.3) is 0 Å². The third kappa shape index (κ3) is 5.93. The summed E-state index contributed by atoms with van der Waals surface area (Å²) in [5.41, 5.74) is 1.11. The molecule has 0 aliphatic heterocycles. The third-order valence-electron chi connectivity index (χ3n) is 4.07. The summed E-state index contributed by atoms with van der Waals surface area (Å²) in [6, 6.07) is 10.0. The maximum absolute atomic E-state index is 12.5. The molecule has 1 saturated carbocycles. The Kier molecular flexibility index (Phi) is 6.44. The van der Waals surface area contributed by atoms with Crippen molar-refractivity contribution in [2.75, 3.05) is 6.54 Å². The number of carbonyl (C=O) groups excluding carboxylic acids is 1. The van der Waals surface area contributed by atoms with Crippen LogP contribution in [0, 0.1) is 0 Å². The molecule has 5 nitrogen and oxygen atoms in total. The normalized spacial score (nSPS) is 15.0. The predicted molar refractivity (Wildman–Crippen MR) is 89.4 cm³/mol. The summed E-state index contributed by atoms with van der Waals surface area (Å²) < 4.78 is 0. The number of carboxylic acid groups (broad SMARTS) is 1. The van der Waals surface area contributed by atoms with Crippen LogP contribution in [0.25, 0.3) is 0 Å². The van der Waals surface area contributed by atoms with Crippen molar-refractivity contribution in [3.05, 3.63) is 35.9 Å². The minimum Gasteiger partial charge on any atom is -0.481 e. The number of benzene rings is 1. The molecule has 1 aliphatic carbocycles. The minimum absolute atomic E-state index is 0.0549. The number of urea groups is 1. The number of hydrogen-bond donors (Lipinski definition) is 2. The summed E-state index contributed by atoms with van der Waals surface area (Å²) in [5, 5.41) is 12.0. The van der Waals surface area contributed by atoms with Crippen molar-refractivity contribution in [2.45, 2.75) is 57.5 Å². The van der Waals surface area contributed by atoms with Gasteiger partial charge in [0, 0.05) is 25.0 Å². The Balaban J connectivity index is 1.97. The molecule has 0 saturated heterocycles. The van der Waals surface area contributed by atoms with Crippen LogP contribution in [0.15, 0.2) is 30.3 Å². The minimum atomic E-state index is -0.829. The molecule has 2 N–H and O–H groups in total. The first kappa shape index (κ1) is 17.3. The average Bonchev–Trinajstić information content (AvgIpc) is 3.35. The number of aliphatic carboxylic acids is 1. The Morgan fingerprint density at radius 2 is 2.00 bits per heavy atom. The fourth-order valence-corrected chi connectivity index (χ4v) is 2.76. The summed E-state index contributed by atoms with van der Waals surface area (Å²) in [6.45, 7) is 2.82. The van der Waals surface area contributed by atoms with Gasteiger partial charge in [0.2, 0.25) is 0 Å². The number of hydrogen-bond acceptors (Lipinski definition) is 2. The molecule has 0 bridgehead atoms. The lowest BCUT2D eigenvalue weighted by molar-refractivity contribution is -0.137. The van der Waals surface area contributed by atoms with Crippen LogP contribution in [0.2, 0.25) is 0 Å². The highest BCUT2D eigenvalue weighted by atomic mass is 16.4. The second kappa shape index (κ2) is 8.56. The molecule has 1 aliphatic rings. The SMILES string of the molecule is CCCN(C(=O)NC(CCC(=O)O)Cc1ccccc1)C1CC1. The zero-order chi connectivity index (χ0) is 16.7. The first-order valence-corrected chi connectivity index (χ1v) is 8.43. The molecule has 2 amide bonds. The molecule has 1 unspecified atom stereocenters. The molecule has 1 aromatic carbocycles. The first-order chi connectivity index (χ1) is 11.1. The fraction of sp³-hybridized carbons (Fsp3) is 0.556. The van der Waals surface area contributed by atoms with E-state index < -0.39 is 5.97 Å². The largest absolute Gasteiger partial charge is 0.481 e. The molecule has 0 radical (unpaired) electrons. The van der Waals surface area contributed by atoms with Crippen LogP contribution in [0.3, 0.4) is 0 Å². The van der Waals surface area contributed by atoms with Gasteiger partial charge in [-0.25, -0.2) is 4.79 Å². The number of carboxylic acids is 1. The molecule has 23 heavy (non-hydrogen) atoms. The molecular weight excluding hydrogens is 292 g/mol. The van der Waals surface area contributed by atoms with Gasteiger partial charge in [-0.1, -0.05) is 37.3 Å². The second-order valence-corrected chi connectivity index (χ2v) is 6.19. The van der Waals surface area contributed by atoms with Crippen molar-refractivity contribution < 1.29 is 14.7 Å².